The van der Waals surface area contributed by atoms with E-state index in [1.807, 2.05) is 54.6 Å². The average molecular weight is 335 g/mol. The van der Waals surface area contributed by atoms with Gasteiger partial charge in [-0.3, -0.25) is 4.79 Å². The number of ether oxygens (including phenoxy) is 1. The van der Waals surface area contributed by atoms with E-state index in [4.69, 9.17) is 10.5 Å². The molecular weight excluding hydrogens is 312 g/mol. The quantitative estimate of drug-likeness (QED) is 0.818. The van der Waals surface area contributed by atoms with Crippen molar-refractivity contribution < 1.29 is 9.53 Å². The second kappa shape index (κ2) is 10.0. The molecule has 0 aliphatic rings. The molecule has 2 aromatic rings. The first kappa shape index (κ1) is 19.2. The van der Waals surface area contributed by atoms with Crippen molar-refractivity contribution in [1.82, 2.24) is 5.32 Å². The van der Waals surface area contributed by atoms with E-state index in [0.717, 1.165) is 16.7 Å². The monoisotopic (exact) mass is 334 g/mol. The summed E-state index contributed by atoms with van der Waals surface area (Å²) in [4.78, 5) is 11.4. The molecule has 0 fully saturated rings. The number of hydrogen-bond donors (Lipinski definition) is 2. The van der Waals surface area contributed by atoms with Gasteiger partial charge in [0, 0.05) is 6.54 Å². The molecular formula is C18H23ClN2O2. The normalized spacial score (nSPS) is 11.4. The summed E-state index contributed by atoms with van der Waals surface area (Å²) in [6.07, 6.45) is 0. The van der Waals surface area contributed by atoms with Gasteiger partial charge in [-0.05, 0) is 23.6 Å². The number of rotatable bonds is 7. The molecule has 5 heteroatoms. The number of hydrogen-bond acceptors (Lipinski definition) is 3. The second-order valence-corrected chi connectivity index (χ2v) is 5.30. The number of carbonyl (C=O) groups excluding carboxylic acids is 1. The Morgan fingerprint density at radius 3 is 2.09 bits per heavy atom. The molecule has 0 saturated carbocycles. The van der Waals surface area contributed by atoms with E-state index in [2.05, 4.69) is 5.32 Å². The van der Waals surface area contributed by atoms with E-state index in [1.165, 1.54) is 0 Å². The predicted octanol–water partition coefficient (Wildman–Crippen LogP) is 2.79. The Kier molecular flexibility index (Phi) is 8.33. The third-order valence-electron chi connectivity index (χ3n) is 3.28. The Bertz CT molecular complexity index is 586. The molecule has 0 saturated heterocycles. The van der Waals surface area contributed by atoms with Crippen LogP contribution in [0.25, 0.3) is 0 Å². The van der Waals surface area contributed by atoms with Gasteiger partial charge in [0.1, 0.15) is 0 Å². The van der Waals surface area contributed by atoms with Crippen molar-refractivity contribution >= 4 is 18.3 Å². The van der Waals surface area contributed by atoms with Crippen LogP contribution in [0.4, 0.5) is 0 Å². The Balaban J connectivity index is 0.00000264. The number of halogens is 1. The van der Waals surface area contributed by atoms with E-state index in [9.17, 15) is 4.79 Å². The number of carbonyl (C=O) groups is 1. The molecule has 0 aliphatic heterocycles. The molecule has 0 radical (unpaired) electrons. The topological polar surface area (TPSA) is 64.4 Å². The summed E-state index contributed by atoms with van der Waals surface area (Å²) in [5.74, 6) is -0.143. The molecule has 1 amide bonds. The second-order valence-electron chi connectivity index (χ2n) is 5.30. The van der Waals surface area contributed by atoms with E-state index >= 15 is 0 Å². The minimum absolute atomic E-state index is 0. The largest absolute Gasteiger partial charge is 0.372 e. The smallest absolute Gasteiger partial charge is 0.236 e. The summed E-state index contributed by atoms with van der Waals surface area (Å²) in [6.45, 7) is 3.34. The fraction of sp³-hybridized carbons (Fsp3) is 0.278. The highest BCUT2D eigenvalue weighted by molar-refractivity contribution is 5.85. The summed E-state index contributed by atoms with van der Waals surface area (Å²) in [6, 6.07) is 17.6. The van der Waals surface area contributed by atoms with Gasteiger partial charge in [0.25, 0.3) is 0 Å². The molecule has 0 aliphatic carbocycles. The molecule has 2 aromatic carbocycles. The van der Waals surface area contributed by atoms with Crippen LogP contribution >= 0.6 is 12.4 Å². The first-order valence-corrected chi connectivity index (χ1v) is 7.38. The van der Waals surface area contributed by atoms with Crippen LogP contribution in [0.1, 0.15) is 23.6 Å². The van der Waals surface area contributed by atoms with E-state index in [1.54, 1.807) is 6.92 Å². The fourth-order valence-corrected chi connectivity index (χ4v) is 1.96. The number of benzene rings is 2. The highest BCUT2D eigenvalue weighted by Crippen LogP contribution is 2.08. The Morgan fingerprint density at radius 2 is 1.52 bits per heavy atom. The van der Waals surface area contributed by atoms with Crippen LogP contribution in [-0.4, -0.2) is 11.9 Å². The van der Waals surface area contributed by atoms with Gasteiger partial charge in [-0.25, -0.2) is 0 Å². The van der Waals surface area contributed by atoms with Crippen molar-refractivity contribution in [2.24, 2.45) is 5.73 Å². The molecule has 0 aromatic heterocycles. The maximum Gasteiger partial charge on any atom is 0.236 e. The van der Waals surface area contributed by atoms with Crippen LogP contribution in [0.2, 0.25) is 0 Å². The lowest BCUT2D eigenvalue weighted by molar-refractivity contribution is -0.122. The molecule has 1 atom stereocenters. The van der Waals surface area contributed by atoms with Gasteiger partial charge in [-0.2, -0.15) is 0 Å². The van der Waals surface area contributed by atoms with Gasteiger partial charge in [0.15, 0.2) is 0 Å². The highest BCUT2D eigenvalue weighted by Gasteiger charge is 2.06. The van der Waals surface area contributed by atoms with Crippen molar-refractivity contribution in [1.29, 1.82) is 0 Å². The minimum atomic E-state index is -0.481. The third-order valence-corrected chi connectivity index (χ3v) is 3.28. The van der Waals surface area contributed by atoms with Crippen molar-refractivity contribution in [3.63, 3.8) is 0 Å². The standard InChI is InChI=1S/C18H22N2O2.ClH/c1-14(19)18(21)20-11-15-7-9-17(10-8-15)13-22-12-16-5-3-2-4-6-16;/h2-10,14H,11-13,19H2,1H3,(H,20,21);1H/t14-;/m1./s1. The lowest BCUT2D eigenvalue weighted by atomic mass is 10.1. The van der Waals surface area contributed by atoms with Crippen LogP contribution < -0.4 is 11.1 Å². The van der Waals surface area contributed by atoms with Crippen molar-refractivity contribution in [3.05, 3.63) is 71.3 Å². The summed E-state index contributed by atoms with van der Waals surface area (Å²) < 4.78 is 5.69. The van der Waals surface area contributed by atoms with E-state index in [0.29, 0.717) is 19.8 Å². The highest BCUT2D eigenvalue weighted by atomic mass is 35.5. The van der Waals surface area contributed by atoms with Crippen LogP contribution in [0, 0.1) is 0 Å². The Morgan fingerprint density at radius 1 is 1.00 bits per heavy atom. The van der Waals surface area contributed by atoms with Crippen LogP contribution in [0.15, 0.2) is 54.6 Å². The van der Waals surface area contributed by atoms with Gasteiger partial charge in [0.05, 0.1) is 19.3 Å². The van der Waals surface area contributed by atoms with Gasteiger partial charge < -0.3 is 15.8 Å². The number of nitrogens with two attached hydrogens (primary N) is 1. The first-order chi connectivity index (χ1) is 10.6. The zero-order valence-corrected chi connectivity index (χ0v) is 14.0. The summed E-state index contributed by atoms with van der Waals surface area (Å²) in [5.41, 5.74) is 8.81. The van der Waals surface area contributed by atoms with Crippen molar-refractivity contribution in [2.75, 3.05) is 0 Å². The maximum absolute atomic E-state index is 11.4. The van der Waals surface area contributed by atoms with Crippen molar-refractivity contribution in [3.8, 4) is 0 Å². The van der Waals surface area contributed by atoms with Crippen LogP contribution in [0.5, 0.6) is 0 Å². The van der Waals surface area contributed by atoms with Gasteiger partial charge in [-0.15, -0.1) is 12.4 Å². The van der Waals surface area contributed by atoms with Crippen LogP contribution in [0.3, 0.4) is 0 Å². The third kappa shape index (κ3) is 6.82. The van der Waals surface area contributed by atoms with Crippen LogP contribution in [-0.2, 0) is 29.3 Å². The summed E-state index contributed by atoms with van der Waals surface area (Å²) in [5, 5.41) is 2.79. The molecule has 4 nitrogen and oxygen atoms in total. The van der Waals surface area contributed by atoms with E-state index < -0.39 is 6.04 Å². The Labute approximate surface area is 143 Å². The molecule has 0 bridgehead atoms. The SMILES string of the molecule is C[C@@H](N)C(=O)NCc1ccc(COCc2ccccc2)cc1.Cl. The zero-order valence-electron chi connectivity index (χ0n) is 13.2. The molecule has 2 rings (SSSR count). The lowest BCUT2D eigenvalue weighted by Crippen LogP contribution is -2.37. The summed E-state index contributed by atoms with van der Waals surface area (Å²) in [7, 11) is 0. The number of amides is 1. The molecule has 0 heterocycles. The molecule has 0 spiro atoms. The van der Waals surface area contributed by atoms with Gasteiger partial charge >= 0.3 is 0 Å². The van der Waals surface area contributed by atoms with Crippen molar-refractivity contribution in [2.45, 2.75) is 32.7 Å². The fourth-order valence-electron chi connectivity index (χ4n) is 1.96. The predicted molar refractivity (Wildman–Crippen MR) is 94.1 cm³/mol. The maximum atomic E-state index is 11.4. The first-order valence-electron chi connectivity index (χ1n) is 7.38. The molecule has 3 N–H and O–H groups in total. The minimum Gasteiger partial charge on any atom is -0.372 e. The van der Waals surface area contributed by atoms with Gasteiger partial charge in [0.2, 0.25) is 5.91 Å². The molecule has 124 valence electrons. The molecule has 23 heavy (non-hydrogen) atoms. The zero-order chi connectivity index (χ0) is 15.8. The average Bonchev–Trinajstić information content (AvgIpc) is 2.54. The lowest BCUT2D eigenvalue weighted by Gasteiger charge is -2.09. The van der Waals surface area contributed by atoms with E-state index in [-0.39, 0.29) is 18.3 Å². The Hall–Kier alpha value is -1.88. The molecule has 0 unspecified atom stereocenters. The summed E-state index contributed by atoms with van der Waals surface area (Å²) >= 11 is 0. The van der Waals surface area contributed by atoms with Gasteiger partial charge in [-0.1, -0.05) is 54.6 Å². The number of nitrogens with one attached hydrogen (secondary N) is 1.